The van der Waals surface area contributed by atoms with Gasteiger partial charge in [0.2, 0.25) is 5.91 Å². The monoisotopic (exact) mass is 428 g/mol. The second-order valence-corrected chi connectivity index (χ2v) is 8.25. The zero-order valence-corrected chi connectivity index (χ0v) is 19.1. The fourth-order valence-corrected chi connectivity index (χ4v) is 2.88. The molecule has 0 bridgehead atoms. The van der Waals surface area contributed by atoms with Crippen molar-refractivity contribution in [1.29, 1.82) is 0 Å². The molecule has 2 aromatic rings. The Morgan fingerprint density at radius 3 is 1.87 bits per heavy atom. The van der Waals surface area contributed by atoms with Crippen LogP contribution in [0.1, 0.15) is 33.3 Å². The Kier molecular flexibility index (Phi) is 8.30. The first-order valence-corrected chi connectivity index (χ1v) is 10.1. The van der Waals surface area contributed by atoms with Gasteiger partial charge in [0.25, 0.3) is 5.91 Å². The molecule has 0 saturated heterocycles. The number of carbonyl (C=O) groups is 2. The molecule has 0 saturated carbocycles. The molecule has 0 spiro atoms. The maximum atomic E-state index is 13.1. The molecular formula is C24H32N2O5. The van der Waals surface area contributed by atoms with E-state index in [9.17, 15) is 9.59 Å². The van der Waals surface area contributed by atoms with E-state index < -0.39 is 11.6 Å². The van der Waals surface area contributed by atoms with Gasteiger partial charge in [0.15, 0.2) is 6.61 Å². The van der Waals surface area contributed by atoms with E-state index in [1.165, 1.54) is 4.90 Å². The Bertz CT molecular complexity index is 857. The summed E-state index contributed by atoms with van der Waals surface area (Å²) in [4.78, 5) is 27.3. The lowest BCUT2D eigenvalue weighted by atomic mass is 10.1. The van der Waals surface area contributed by atoms with Crippen LogP contribution in [-0.2, 0) is 16.1 Å². The number of benzene rings is 2. The summed E-state index contributed by atoms with van der Waals surface area (Å²) in [5.41, 5.74) is 0.480. The van der Waals surface area contributed by atoms with Crippen molar-refractivity contribution in [3.05, 3.63) is 54.1 Å². The lowest BCUT2D eigenvalue weighted by molar-refractivity contribution is -0.142. The van der Waals surface area contributed by atoms with Crippen LogP contribution < -0.4 is 19.5 Å². The second kappa shape index (κ2) is 10.7. The van der Waals surface area contributed by atoms with E-state index in [0.29, 0.717) is 11.5 Å². The molecule has 0 aromatic heterocycles. The topological polar surface area (TPSA) is 77.1 Å². The summed E-state index contributed by atoms with van der Waals surface area (Å²) in [6, 6.07) is 13.7. The number of methoxy groups -OCH3 is 2. The molecule has 0 heterocycles. The SMILES string of the molecule is COc1ccc(CN(C(=O)COc2ccc(OC)cc2)C(C)C(=O)NC(C)(C)C)cc1. The number of rotatable bonds is 9. The first kappa shape index (κ1) is 24.1. The molecule has 2 aromatic carbocycles. The number of hydrogen-bond acceptors (Lipinski definition) is 5. The molecule has 1 N–H and O–H groups in total. The maximum absolute atomic E-state index is 13.1. The van der Waals surface area contributed by atoms with Gasteiger partial charge in [-0.25, -0.2) is 0 Å². The lowest BCUT2D eigenvalue weighted by Crippen LogP contribution is -2.53. The highest BCUT2D eigenvalue weighted by Gasteiger charge is 2.28. The molecule has 0 fully saturated rings. The number of nitrogens with zero attached hydrogens (tertiary/aromatic N) is 1. The number of hydrogen-bond donors (Lipinski definition) is 1. The van der Waals surface area contributed by atoms with Crippen LogP contribution in [0.15, 0.2) is 48.5 Å². The largest absolute Gasteiger partial charge is 0.497 e. The molecule has 168 valence electrons. The van der Waals surface area contributed by atoms with Crippen molar-refractivity contribution in [3.63, 3.8) is 0 Å². The highest BCUT2D eigenvalue weighted by Crippen LogP contribution is 2.18. The quantitative estimate of drug-likeness (QED) is 0.662. The van der Waals surface area contributed by atoms with Gasteiger partial charge in [0.05, 0.1) is 14.2 Å². The van der Waals surface area contributed by atoms with Gasteiger partial charge in [0, 0.05) is 12.1 Å². The van der Waals surface area contributed by atoms with E-state index >= 15 is 0 Å². The van der Waals surface area contributed by atoms with E-state index in [1.807, 2.05) is 45.0 Å². The Hall–Kier alpha value is -3.22. The molecule has 1 atom stereocenters. The average Bonchev–Trinajstić information content (AvgIpc) is 2.75. The smallest absolute Gasteiger partial charge is 0.261 e. The van der Waals surface area contributed by atoms with E-state index in [4.69, 9.17) is 14.2 Å². The molecule has 0 radical (unpaired) electrons. The molecule has 1 unspecified atom stereocenters. The number of ether oxygens (including phenoxy) is 3. The zero-order valence-electron chi connectivity index (χ0n) is 19.1. The molecule has 7 nitrogen and oxygen atoms in total. The normalized spacial score (nSPS) is 11.9. The number of carbonyl (C=O) groups excluding carboxylic acids is 2. The highest BCUT2D eigenvalue weighted by molar-refractivity contribution is 5.88. The molecule has 2 amide bonds. The Morgan fingerprint density at radius 2 is 1.39 bits per heavy atom. The van der Waals surface area contributed by atoms with Gasteiger partial charge in [-0.1, -0.05) is 12.1 Å². The van der Waals surface area contributed by atoms with Gasteiger partial charge in [-0.2, -0.15) is 0 Å². The van der Waals surface area contributed by atoms with E-state index in [1.54, 1.807) is 45.4 Å². The second-order valence-electron chi connectivity index (χ2n) is 8.25. The fourth-order valence-electron chi connectivity index (χ4n) is 2.88. The lowest BCUT2D eigenvalue weighted by Gasteiger charge is -2.31. The van der Waals surface area contributed by atoms with Crippen molar-refractivity contribution in [2.45, 2.75) is 45.8 Å². The van der Waals surface area contributed by atoms with Crippen LogP contribution in [0, 0.1) is 0 Å². The average molecular weight is 429 g/mol. The van der Waals surface area contributed by atoms with E-state index in [2.05, 4.69) is 5.32 Å². The van der Waals surface area contributed by atoms with Crippen LogP contribution in [0.2, 0.25) is 0 Å². The van der Waals surface area contributed by atoms with Gasteiger partial charge < -0.3 is 24.4 Å². The van der Waals surface area contributed by atoms with Crippen molar-refractivity contribution in [2.75, 3.05) is 20.8 Å². The van der Waals surface area contributed by atoms with Gasteiger partial charge >= 0.3 is 0 Å². The first-order valence-electron chi connectivity index (χ1n) is 10.1. The zero-order chi connectivity index (χ0) is 23.0. The summed E-state index contributed by atoms with van der Waals surface area (Å²) < 4.78 is 16.0. The number of amides is 2. The standard InChI is InChI=1S/C24H32N2O5/c1-17(23(28)25-24(2,3)4)26(15-18-7-9-19(29-5)10-8-18)22(27)16-31-21-13-11-20(30-6)12-14-21/h7-14,17H,15-16H2,1-6H3,(H,25,28). The minimum atomic E-state index is -0.673. The number of nitrogens with one attached hydrogen (secondary N) is 1. The summed E-state index contributed by atoms with van der Waals surface area (Å²) >= 11 is 0. The molecule has 31 heavy (non-hydrogen) atoms. The van der Waals surface area contributed by atoms with Crippen molar-refractivity contribution in [1.82, 2.24) is 10.2 Å². The predicted octanol–water partition coefficient (Wildman–Crippen LogP) is 3.41. The minimum Gasteiger partial charge on any atom is -0.497 e. The third kappa shape index (κ3) is 7.51. The van der Waals surface area contributed by atoms with Crippen LogP contribution in [0.3, 0.4) is 0 Å². The molecule has 0 aliphatic heterocycles. The summed E-state index contributed by atoms with van der Waals surface area (Å²) in [7, 11) is 3.18. The maximum Gasteiger partial charge on any atom is 0.261 e. The van der Waals surface area contributed by atoms with Crippen molar-refractivity contribution < 1.29 is 23.8 Å². The van der Waals surface area contributed by atoms with E-state index in [0.717, 1.165) is 11.3 Å². The molecular weight excluding hydrogens is 396 g/mol. The van der Waals surface area contributed by atoms with Gasteiger partial charge in [-0.3, -0.25) is 9.59 Å². The molecule has 7 heteroatoms. The van der Waals surface area contributed by atoms with Crippen molar-refractivity contribution in [2.24, 2.45) is 0 Å². The molecule has 2 rings (SSSR count). The van der Waals surface area contributed by atoms with E-state index in [-0.39, 0.29) is 25.0 Å². The summed E-state index contributed by atoms with van der Waals surface area (Å²) in [6.07, 6.45) is 0. The van der Waals surface area contributed by atoms with Crippen LogP contribution in [0.5, 0.6) is 17.2 Å². The fraction of sp³-hybridized carbons (Fsp3) is 0.417. The Morgan fingerprint density at radius 1 is 0.903 bits per heavy atom. The van der Waals surface area contributed by atoms with Crippen LogP contribution >= 0.6 is 0 Å². The van der Waals surface area contributed by atoms with Gasteiger partial charge in [-0.15, -0.1) is 0 Å². The molecule has 0 aliphatic carbocycles. The Balaban J connectivity index is 2.15. The molecule has 0 aliphatic rings. The van der Waals surface area contributed by atoms with Crippen LogP contribution in [0.25, 0.3) is 0 Å². The summed E-state index contributed by atoms with van der Waals surface area (Å²) in [5, 5.41) is 2.94. The van der Waals surface area contributed by atoms with Crippen LogP contribution in [-0.4, -0.2) is 49.1 Å². The summed E-state index contributed by atoms with van der Waals surface area (Å²) in [5.74, 6) is 1.46. The highest BCUT2D eigenvalue weighted by atomic mass is 16.5. The predicted molar refractivity (Wildman–Crippen MR) is 119 cm³/mol. The summed E-state index contributed by atoms with van der Waals surface area (Å²) in [6.45, 7) is 7.51. The Labute approximate surface area is 184 Å². The van der Waals surface area contributed by atoms with Gasteiger partial charge in [-0.05, 0) is 69.7 Å². The van der Waals surface area contributed by atoms with Crippen molar-refractivity contribution >= 4 is 11.8 Å². The third-order valence-corrected chi connectivity index (χ3v) is 4.60. The van der Waals surface area contributed by atoms with Gasteiger partial charge in [0.1, 0.15) is 23.3 Å². The van der Waals surface area contributed by atoms with Crippen LogP contribution in [0.4, 0.5) is 0 Å². The minimum absolute atomic E-state index is 0.185. The third-order valence-electron chi connectivity index (χ3n) is 4.60. The van der Waals surface area contributed by atoms with Crippen molar-refractivity contribution in [3.8, 4) is 17.2 Å². The first-order chi connectivity index (χ1) is 14.6.